The van der Waals surface area contributed by atoms with E-state index in [1.807, 2.05) is 12.1 Å². The van der Waals surface area contributed by atoms with Gasteiger partial charge in [-0.15, -0.1) is 0 Å². The summed E-state index contributed by atoms with van der Waals surface area (Å²) in [5, 5.41) is 0. The normalized spacial score (nSPS) is 18.2. The van der Waals surface area contributed by atoms with Crippen LogP contribution in [-0.4, -0.2) is 26.4 Å². The van der Waals surface area contributed by atoms with E-state index in [0.717, 1.165) is 31.0 Å². The number of nitrogens with zero attached hydrogens (tertiary/aromatic N) is 1. The van der Waals surface area contributed by atoms with E-state index in [2.05, 4.69) is 17.0 Å². The van der Waals surface area contributed by atoms with Crippen LogP contribution in [0.2, 0.25) is 0 Å². The van der Waals surface area contributed by atoms with Crippen LogP contribution in [0.3, 0.4) is 0 Å². The highest BCUT2D eigenvalue weighted by atomic mass is 16.7. The molecule has 4 heteroatoms. The van der Waals surface area contributed by atoms with Gasteiger partial charge in [-0.05, 0) is 18.6 Å². The van der Waals surface area contributed by atoms with Crippen molar-refractivity contribution in [3.8, 4) is 11.5 Å². The Hall–Kier alpha value is -1.68. The zero-order valence-corrected chi connectivity index (χ0v) is 9.69. The summed E-state index contributed by atoms with van der Waals surface area (Å²) in [6, 6.07) is 6.10. The van der Waals surface area contributed by atoms with Crippen LogP contribution >= 0.6 is 0 Å². The van der Waals surface area contributed by atoms with Crippen molar-refractivity contribution in [3.63, 3.8) is 0 Å². The average molecular weight is 232 g/mol. The number of ether oxygens (including phenoxy) is 2. The smallest absolute Gasteiger partial charge is 0.231 e. The Bertz CT molecular complexity index is 457. The van der Waals surface area contributed by atoms with E-state index in [1.165, 1.54) is 11.3 Å². The molecule has 4 nitrogen and oxygen atoms in total. The first-order valence-electron chi connectivity index (χ1n) is 5.89. The van der Waals surface area contributed by atoms with E-state index >= 15 is 0 Å². The minimum absolute atomic E-state index is 0.329. The second-order valence-corrected chi connectivity index (χ2v) is 4.30. The highest BCUT2D eigenvalue weighted by molar-refractivity contribution is 5.58. The van der Waals surface area contributed by atoms with E-state index < -0.39 is 0 Å². The topological polar surface area (TPSA) is 47.7 Å². The third-order valence-electron chi connectivity index (χ3n) is 3.29. The average Bonchev–Trinajstić information content (AvgIpc) is 2.86. The maximum Gasteiger partial charge on any atom is 0.231 e. The zero-order chi connectivity index (χ0) is 11.7. The van der Waals surface area contributed by atoms with E-state index in [-0.39, 0.29) is 0 Å². The lowest BCUT2D eigenvalue weighted by Crippen LogP contribution is -2.29. The van der Waals surface area contributed by atoms with Crippen LogP contribution in [0.15, 0.2) is 29.8 Å². The number of hydrogen-bond donors (Lipinski definition) is 1. The highest BCUT2D eigenvalue weighted by Crippen LogP contribution is 2.35. The second kappa shape index (κ2) is 4.30. The molecule has 0 unspecified atom stereocenters. The van der Waals surface area contributed by atoms with Gasteiger partial charge in [-0.1, -0.05) is 11.6 Å². The van der Waals surface area contributed by atoms with Crippen molar-refractivity contribution in [2.75, 3.05) is 31.3 Å². The minimum Gasteiger partial charge on any atom is -0.454 e. The number of nitrogens with two attached hydrogens (primary N) is 1. The molecule has 1 aromatic rings. The molecule has 1 aromatic carbocycles. The molecule has 17 heavy (non-hydrogen) atoms. The lowest BCUT2D eigenvalue weighted by Gasteiger charge is -2.28. The van der Waals surface area contributed by atoms with Crippen LogP contribution in [-0.2, 0) is 0 Å². The summed E-state index contributed by atoms with van der Waals surface area (Å²) in [4.78, 5) is 2.32. The molecule has 0 radical (unpaired) electrons. The molecule has 0 saturated carbocycles. The second-order valence-electron chi connectivity index (χ2n) is 4.30. The molecule has 2 N–H and O–H groups in total. The van der Waals surface area contributed by atoms with Crippen molar-refractivity contribution < 1.29 is 9.47 Å². The quantitative estimate of drug-likeness (QED) is 0.785. The largest absolute Gasteiger partial charge is 0.454 e. The summed E-state index contributed by atoms with van der Waals surface area (Å²) in [6.45, 7) is 2.94. The predicted octanol–water partition coefficient (Wildman–Crippen LogP) is 1.51. The van der Waals surface area contributed by atoms with Gasteiger partial charge < -0.3 is 20.1 Å². The number of fused-ring (bicyclic) bond motifs is 1. The van der Waals surface area contributed by atoms with E-state index in [1.54, 1.807) is 0 Å². The maximum absolute atomic E-state index is 5.64. The van der Waals surface area contributed by atoms with Gasteiger partial charge in [0.15, 0.2) is 11.5 Å². The van der Waals surface area contributed by atoms with Gasteiger partial charge in [0, 0.05) is 31.4 Å². The monoisotopic (exact) mass is 232 g/mol. The standard InChI is InChI=1S/C13H16N2O2/c14-8-10-3-5-15(6-4-10)11-1-2-12-13(7-11)17-9-16-12/h1-3,7H,4-6,8-9,14H2. The molecule has 0 aromatic heterocycles. The Kier molecular flexibility index (Phi) is 2.65. The molecule has 0 spiro atoms. The Morgan fingerprint density at radius 1 is 1.24 bits per heavy atom. The molecule has 2 heterocycles. The highest BCUT2D eigenvalue weighted by Gasteiger charge is 2.17. The third-order valence-corrected chi connectivity index (χ3v) is 3.29. The van der Waals surface area contributed by atoms with Gasteiger partial charge >= 0.3 is 0 Å². The van der Waals surface area contributed by atoms with Crippen molar-refractivity contribution in [1.29, 1.82) is 0 Å². The fraction of sp³-hybridized carbons (Fsp3) is 0.385. The molecule has 2 aliphatic heterocycles. The van der Waals surface area contributed by atoms with E-state index in [4.69, 9.17) is 15.2 Å². The molecule has 2 aliphatic rings. The minimum atomic E-state index is 0.329. The van der Waals surface area contributed by atoms with E-state index in [9.17, 15) is 0 Å². The summed E-state index contributed by atoms with van der Waals surface area (Å²) in [7, 11) is 0. The Morgan fingerprint density at radius 3 is 2.88 bits per heavy atom. The molecule has 0 aliphatic carbocycles. The van der Waals surface area contributed by atoms with Crippen molar-refractivity contribution in [1.82, 2.24) is 0 Å². The van der Waals surface area contributed by atoms with Crippen molar-refractivity contribution >= 4 is 5.69 Å². The van der Waals surface area contributed by atoms with Gasteiger partial charge in [-0.3, -0.25) is 0 Å². The van der Waals surface area contributed by atoms with Crippen molar-refractivity contribution in [3.05, 3.63) is 29.8 Å². The van der Waals surface area contributed by atoms with E-state index in [0.29, 0.717) is 13.3 Å². The molecule has 90 valence electrons. The summed E-state index contributed by atoms with van der Waals surface area (Å²) in [6.07, 6.45) is 3.26. The lowest BCUT2D eigenvalue weighted by atomic mass is 10.1. The summed E-state index contributed by atoms with van der Waals surface area (Å²) < 4.78 is 10.7. The fourth-order valence-electron chi connectivity index (χ4n) is 2.21. The fourth-order valence-corrected chi connectivity index (χ4v) is 2.21. The summed E-state index contributed by atoms with van der Waals surface area (Å²) in [5.74, 6) is 1.68. The Morgan fingerprint density at radius 2 is 2.12 bits per heavy atom. The van der Waals surface area contributed by atoms with Gasteiger partial charge in [0.25, 0.3) is 0 Å². The van der Waals surface area contributed by atoms with Crippen LogP contribution < -0.4 is 20.1 Å². The molecule has 0 amide bonds. The van der Waals surface area contributed by atoms with Crippen molar-refractivity contribution in [2.24, 2.45) is 5.73 Å². The molecule has 3 rings (SSSR count). The molecule has 0 saturated heterocycles. The van der Waals surface area contributed by atoms with Gasteiger partial charge in [0.05, 0.1) is 0 Å². The first-order valence-corrected chi connectivity index (χ1v) is 5.89. The van der Waals surface area contributed by atoms with Crippen molar-refractivity contribution in [2.45, 2.75) is 6.42 Å². The molecular formula is C13H16N2O2. The van der Waals surface area contributed by atoms with Gasteiger partial charge in [0.1, 0.15) is 0 Å². The SMILES string of the molecule is NCC1=CCN(c2ccc3c(c2)OCO3)CC1. The lowest BCUT2D eigenvalue weighted by molar-refractivity contribution is 0.174. The predicted molar refractivity (Wildman–Crippen MR) is 66.5 cm³/mol. The first-order chi connectivity index (χ1) is 8.36. The van der Waals surface area contributed by atoms with Crippen LogP contribution in [0, 0.1) is 0 Å². The molecule has 0 atom stereocenters. The Labute approximate surface area is 101 Å². The summed E-state index contributed by atoms with van der Waals surface area (Å²) >= 11 is 0. The number of rotatable bonds is 2. The van der Waals surface area contributed by atoms with Crippen LogP contribution in [0.25, 0.3) is 0 Å². The maximum atomic E-state index is 5.64. The van der Waals surface area contributed by atoms with Gasteiger partial charge in [-0.2, -0.15) is 0 Å². The first kappa shape index (κ1) is 10.5. The number of hydrogen-bond acceptors (Lipinski definition) is 4. The Balaban J connectivity index is 1.79. The summed E-state index contributed by atoms with van der Waals surface area (Å²) in [5.41, 5.74) is 8.17. The molecule has 0 bridgehead atoms. The zero-order valence-electron chi connectivity index (χ0n) is 9.69. The number of anilines is 1. The third kappa shape index (κ3) is 1.96. The van der Waals surface area contributed by atoms with Crippen LogP contribution in [0.1, 0.15) is 6.42 Å². The van der Waals surface area contributed by atoms with Crippen LogP contribution in [0.4, 0.5) is 5.69 Å². The number of benzene rings is 1. The van der Waals surface area contributed by atoms with Gasteiger partial charge in [0.2, 0.25) is 6.79 Å². The van der Waals surface area contributed by atoms with Gasteiger partial charge in [-0.25, -0.2) is 0 Å². The molecule has 0 fully saturated rings. The molecular weight excluding hydrogens is 216 g/mol. The van der Waals surface area contributed by atoms with Crippen LogP contribution in [0.5, 0.6) is 11.5 Å².